The number of benzene rings is 2. The van der Waals surface area contributed by atoms with Crippen molar-refractivity contribution in [1.29, 1.82) is 0 Å². The fourth-order valence-electron chi connectivity index (χ4n) is 1.68. The molecule has 1 atom stereocenters. The van der Waals surface area contributed by atoms with Crippen molar-refractivity contribution in [2.24, 2.45) is 0 Å². The molecule has 2 aromatic rings. The van der Waals surface area contributed by atoms with E-state index < -0.39 is 4.92 Å². The van der Waals surface area contributed by atoms with Gasteiger partial charge in [-0.1, -0.05) is 29.8 Å². The molecule has 0 N–H and O–H groups in total. The Hall–Kier alpha value is -1.52. The largest absolute Gasteiger partial charge is 0.269 e. The molecule has 0 saturated carbocycles. The molecule has 5 heteroatoms. The lowest BCUT2D eigenvalue weighted by atomic mass is 10.1. The lowest BCUT2D eigenvalue weighted by Gasteiger charge is -2.11. The summed E-state index contributed by atoms with van der Waals surface area (Å²) in [4.78, 5) is 11.3. The van der Waals surface area contributed by atoms with E-state index in [0.717, 1.165) is 10.5 Å². The number of rotatable bonds is 4. The molecule has 0 saturated heterocycles. The van der Waals surface area contributed by atoms with Gasteiger partial charge in [0.25, 0.3) is 5.69 Å². The third-order valence-corrected chi connectivity index (χ3v) is 4.07. The number of thioether (sulfide) groups is 1. The zero-order chi connectivity index (χ0) is 13.8. The van der Waals surface area contributed by atoms with Gasteiger partial charge in [0.2, 0.25) is 0 Å². The van der Waals surface area contributed by atoms with Crippen molar-refractivity contribution in [3.05, 3.63) is 69.2 Å². The molecule has 0 amide bonds. The topological polar surface area (TPSA) is 43.1 Å². The van der Waals surface area contributed by atoms with E-state index in [1.807, 2.05) is 24.3 Å². The van der Waals surface area contributed by atoms with Crippen LogP contribution in [-0.2, 0) is 0 Å². The number of nitro benzene ring substituents is 1. The highest BCUT2D eigenvalue weighted by atomic mass is 35.5. The summed E-state index contributed by atoms with van der Waals surface area (Å²) in [6, 6.07) is 14.3. The average Bonchev–Trinajstić information content (AvgIpc) is 2.39. The van der Waals surface area contributed by atoms with Gasteiger partial charge in [-0.2, -0.15) is 0 Å². The second-order valence-corrected chi connectivity index (χ2v) is 5.92. The lowest BCUT2D eigenvalue weighted by molar-refractivity contribution is -0.384. The molecule has 0 radical (unpaired) electrons. The van der Waals surface area contributed by atoms with Crippen molar-refractivity contribution < 1.29 is 4.92 Å². The molecule has 0 aliphatic rings. The maximum atomic E-state index is 10.6. The monoisotopic (exact) mass is 293 g/mol. The molecule has 0 bridgehead atoms. The third kappa shape index (κ3) is 3.72. The molecule has 0 aromatic heterocycles. The first-order chi connectivity index (χ1) is 9.06. The fraction of sp³-hybridized carbons (Fsp3) is 0.143. The highest BCUT2D eigenvalue weighted by Gasteiger charge is 2.10. The molecule has 98 valence electrons. The predicted molar refractivity (Wildman–Crippen MR) is 78.8 cm³/mol. The molecule has 2 rings (SSSR count). The van der Waals surface area contributed by atoms with E-state index in [9.17, 15) is 10.1 Å². The van der Waals surface area contributed by atoms with E-state index >= 15 is 0 Å². The van der Waals surface area contributed by atoms with Crippen LogP contribution in [0.1, 0.15) is 17.7 Å². The van der Waals surface area contributed by atoms with E-state index in [4.69, 9.17) is 11.6 Å². The van der Waals surface area contributed by atoms with Crippen LogP contribution in [0.2, 0.25) is 5.02 Å². The van der Waals surface area contributed by atoms with Crippen LogP contribution in [0.3, 0.4) is 0 Å². The van der Waals surface area contributed by atoms with Gasteiger partial charge in [-0.25, -0.2) is 0 Å². The van der Waals surface area contributed by atoms with E-state index in [1.165, 1.54) is 12.1 Å². The second-order valence-electron chi connectivity index (χ2n) is 4.07. The Morgan fingerprint density at radius 3 is 2.47 bits per heavy atom. The van der Waals surface area contributed by atoms with E-state index in [2.05, 4.69) is 6.92 Å². The average molecular weight is 294 g/mol. The summed E-state index contributed by atoms with van der Waals surface area (Å²) in [5, 5.41) is 11.5. The zero-order valence-electron chi connectivity index (χ0n) is 10.2. The maximum absolute atomic E-state index is 10.6. The summed E-state index contributed by atoms with van der Waals surface area (Å²) in [5.74, 6) is 0. The molecule has 2 aromatic carbocycles. The normalized spacial score (nSPS) is 12.1. The molecular formula is C14H12ClNO2S. The van der Waals surface area contributed by atoms with Gasteiger partial charge in [0.1, 0.15) is 0 Å². The summed E-state index contributed by atoms with van der Waals surface area (Å²) >= 11 is 7.61. The van der Waals surface area contributed by atoms with Crippen LogP contribution in [0, 0.1) is 10.1 Å². The summed E-state index contributed by atoms with van der Waals surface area (Å²) in [7, 11) is 0. The molecule has 0 spiro atoms. The van der Waals surface area contributed by atoms with Gasteiger partial charge in [0, 0.05) is 27.3 Å². The number of non-ortho nitro benzene ring substituents is 1. The van der Waals surface area contributed by atoms with Crippen LogP contribution in [0.15, 0.2) is 53.4 Å². The Bertz CT molecular complexity index is 586. The van der Waals surface area contributed by atoms with Crippen LogP contribution < -0.4 is 0 Å². The Labute approximate surface area is 120 Å². The van der Waals surface area contributed by atoms with Crippen molar-refractivity contribution in [2.75, 3.05) is 0 Å². The number of halogens is 1. The van der Waals surface area contributed by atoms with Gasteiger partial charge in [0.15, 0.2) is 0 Å². The predicted octanol–water partition coefficient (Wildman–Crippen LogP) is 5.10. The zero-order valence-corrected chi connectivity index (χ0v) is 11.8. The maximum Gasteiger partial charge on any atom is 0.269 e. The van der Waals surface area contributed by atoms with Crippen LogP contribution in [0.5, 0.6) is 0 Å². The molecule has 0 heterocycles. The minimum Gasteiger partial charge on any atom is -0.258 e. The number of hydrogen-bond donors (Lipinski definition) is 0. The standard InChI is InChI=1S/C14H12ClNO2S/c1-10(19-14-4-2-3-12(15)9-14)11-5-7-13(8-6-11)16(17)18/h2-10H,1H3. The summed E-state index contributed by atoms with van der Waals surface area (Å²) in [6.07, 6.45) is 0. The van der Waals surface area contributed by atoms with Crippen LogP contribution in [0.4, 0.5) is 5.69 Å². The summed E-state index contributed by atoms with van der Waals surface area (Å²) < 4.78 is 0. The third-order valence-electron chi connectivity index (χ3n) is 2.68. The van der Waals surface area contributed by atoms with Crippen molar-refractivity contribution in [2.45, 2.75) is 17.1 Å². The smallest absolute Gasteiger partial charge is 0.258 e. The molecule has 0 aliphatic carbocycles. The van der Waals surface area contributed by atoms with Crippen molar-refractivity contribution >= 4 is 29.1 Å². The second kappa shape index (κ2) is 6.08. The van der Waals surface area contributed by atoms with Crippen molar-refractivity contribution in [1.82, 2.24) is 0 Å². The summed E-state index contributed by atoms with van der Waals surface area (Å²) in [5.41, 5.74) is 1.17. The Balaban J connectivity index is 2.11. The Kier molecular flexibility index (Phi) is 4.45. The molecule has 3 nitrogen and oxygen atoms in total. The fourth-order valence-corrected chi connectivity index (χ4v) is 2.99. The Morgan fingerprint density at radius 2 is 1.89 bits per heavy atom. The minimum absolute atomic E-state index is 0.115. The van der Waals surface area contributed by atoms with Crippen LogP contribution >= 0.6 is 23.4 Å². The first-order valence-corrected chi connectivity index (χ1v) is 6.98. The molecular weight excluding hydrogens is 282 g/mol. The highest BCUT2D eigenvalue weighted by molar-refractivity contribution is 7.99. The van der Waals surface area contributed by atoms with Gasteiger partial charge < -0.3 is 0 Å². The Morgan fingerprint density at radius 1 is 1.21 bits per heavy atom. The van der Waals surface area contributed by atoms with E-state index in [-0.39, 0.29) is 10.9 Å². The quantitative estimate of drug-likeness (QED) is 0.447. The SMILES string of the molecule is CC(Sc1cccc(Cl)c1)c1ccc([N+](=O)[O-])cc1. The van der Waals surface area contributed by atoms with Crippen molar-refractivity contribution in [3.63, 3.8) is 0 Å². The van der Waals surface area contributed by atoms with Crippen molar-refractivity contribution in [3.8, 4) is 0 Å². The number of nitro groups is 1. The molecule has 0 aliphatic heterocycles. The molecule has 19 heavy (non-hydrogen) atoms. The molecule has 1 unspecified atom stereocenters. The highest BCUT2D eigenvalue weighted by Crippen LogP contribution is 2.36. The van der Waals surface area contributed by atoms with E-state index in [1.54, 1.807) is 23.9 Å². The van der Waals surface area contributed by atoms with Gasteiger partial charge in [-0.05, 0) is 30.7 Å². The van der Waals surface area contributed by atoms with Gasteiger partial charge in [-0.3, -0.25) is 10.1 Å². The van der Waals surface area contributed by atoms with E-state index in [0.29, 0.717) is 5.02 Å². The minimum atomic E-state index is -0.390. The number of hydrogen-bond acceptors (Lipinski definition) is 3. The van der Waals surface area contributed by atoms with Crippen LogP contribution in [-0.4, -0.2) is 4.92 Å². The molecule has 0 fully saturated rings. The van der Waals surface area contributed by atoms with Gasteiger partial charge in [0.05, 0.1) is 4.92 Å². The first-order valence-electron chi connectivity index (χ1n) is 5.73. The van der Waals surface area contributed by atoms with Gasteiger partial charge >= 0.3 is 0 Å². The van der Waals surface area contributed by atoms with Crippen LogP contribution in [0.25, 0.3) is 0 Å². The van der Waals surface area contributed by atoms with Gasteiger partial charge in [-0.15, -0.1) is 11.8 Å². The number of nitrogens with zero attached hydrogens (tertiary/aromatic N) is 1. The lowest BCUT2D eigenvalue weighted by Crippen LogP contribution is -1.91. The first kappa shape index (κ1) is 13.9. The summed E-state index contributed by atoms with van der Waals surface area (Å²) in [6.45, 7) is 2.06.